The molecule has 0 spiro atoms. The van der Waals surface area contributed by atoms with Gasteiger partial charge < -0.3 is 0 Å². The maximum atomic E-state index is 4.25. The monoisotopic (exact) mass is 173 g/mol. The van der Waals surface area contributed by atoms with Crippen molar-refractivity contribution in [3.8, 4) is 5.82 Å². The van der Waals surface area contributed by atoms with E-state index in [2.05, 4.69) is 21.1 Å². The number of aryl methyl sites for hydroxylation is 2. The predicted molar refractivity (Wildman–Crippen MR) is 47.5 cm³/mol. The first kappa shape index (κ1) is 7.91. The predicted octanol–water partition coefficient (Wildman–Crippen LogP) is 1.08. The zero-order valence-electron chi connectivity index (χ0n) is 7.52. The molecule has 0 saturated carbocycles. The molecule has 4 nitrogen and oxygen atoms in total. The number of hydrogen-bond acceptors (Lipinski definition) is 3. The maximum absolute atomic E-state index is 4.25. The van der Waals surface area contributed by atoms with Crippen LogP contribution in [-0.4, -0.2) is 19.7 Å². The summed E-state index contributed by atoms with van der Waals surface area (Å²) < 4.78 is 1.67. The first-order valence-electron chi connectivity index (χ1n) is 3.99. The summed E-state index contributed by atoms with van der Waals surface area (Å²) in [6, 6.07) is 4.74. The summed E-state index contributed by atoms with van der Waals surface area (Å²) >= 11 is 0. The Morgan fingerprint density at radius 1 is 1.31 bits per heavy atom. The Hall–Kier alpha value is -1.71. The van der Waals surface area contributed by atoms with Crippen molar-refractivity contribution in [3.05, 3.63) is 36.0 Å². The molecule has 0 bridgehead atoms. The van der Waals surface area contributed by atoms with E-state index in [4.69, 9.17) is 0 Å². The van der Waals surface area contributed by atoms with Crippen molar-refractivity contribution in [2.45, 2.75) is 13.8 Å². The standard InChI is InChI=1S/C9H9N4/c1-7-6-9(12-8(2)11-7)13-5-3-4-10-13/h4-6H,1-2H3. The van der Waals surface area contributed by atoms with Gasteiger partial charge in [0.1, 0.15) is 5.82 Å². The fraction of sp³-hybridized carbons (Fsp3) is 0.222. The zero-order chi connectivity index (χ0) is 9.26. The molecule has 13 heavy (non-hydrogen) atoms. The first-order chi connectivity index (χ1) is 6.25. The van der Waals surface area contributed by atoms with Crippen LogP contribution >= 0.6 is 0 Å². The molecule has 2 aromatic heterocycles. The molecule has 0 aliphatic rings. The third-order valence-corrected chi connectivity index (χ3v) is 1.64. The van der Waals surface area contributed by atoms with Crippen LogP contribution in [0.3, 0.4) is 0 Å². The summed E-state index contributed by atoms with van der Waals surface area (Å²) in [6.45, 7) is 3.80. The van der Waals surface area contributed by atoms with Crippen LogP contribution in [-0.2, 0) is 0 Å². The normalized spacial score (nSPS) is 10.3. The fourth-order valence-electron chi connectivity index (χ4n) is 1.17. The van der Waals surface area contributed by atoms with E-state index in [9.17, 15) is 0 Å². The van der Waals surface area contributed by atoms with Crippen molar-refractivity contribution in [2.75, 3.05) is 0 Å². The van der Waals surface area contributed by atoms with Gasteiger partial charge in [0.25, 0.3) is 0 Å². The van der Waals surface area contributed by atoms with Gasteiger partial charge in [0.15, 0.2) is 5.82 Å². The summed E-state index contributed by atoms with van der Waals surface area (Å²) in [6.07, 6.45) is 3.34. The van der Waals surface area contributed by atoms with E-state index in [1.165, 1.54) is 0 Å². The smallest absolute Gasteiger partial charge is 0.157 e. The third-order valence-electron chi connectivity index (χ3n) is 1.64. The van der Waals surface area contributed by atoms with Gasteiger partial charge in [-0.2, -0.15) is 5.10 Å². The minimum atomic E-state index is 0.755. The van der Waals surface area contributed by atoms with Crippen LogP contribution < -0.4 is 0 Å². The van der Waals surface area contributed by atoms with Gasteiger partial charge in [0, 0.05) is 24.0 Å². The van der Waals surface area contributed by atoms with E-state index < -0.39 is 0 Å². The van der Waals surface area contributed by atoms with Crippen LogP contribution in [0.4, 0.5) is 0 Å². The lowest BCUT2D eigenvalue weighted by atomic mass is 10.4. The van der Waals surface area contributed by atoms with Gasteiger partial charge >= 0.3 is 0 Å². The summed E-state index contributed by atoms with van der Waals surface area (Å²) in [5.41, 5.74) is 0.943. The molecule has 0 aliphatic heterocycles. The number of aromatic nitrogens is 4. The van der Waals surface area contributed by atoms with Crippen LogP contribution in [0.15, 0.2) is 18.5 Å². The zero-order valence-corrected chi connectivity index (χ0v) is 7.52. The van der Waals surface area contributed by atoms with Crippen molar-refractivity contribution >= 4 is 0 Å². The molecule has 4 heteroatoms. The minimum absolute atomic E-state index is 0.755. The topological polar surface area (TPSA) is 43.6 Å². The van der Waals surface area contributed by atoms with Gasteiger partial charge in [-0.05, 0) is 13.8 Å². The quantitative estimate of drug-likeness (QED) is 0.648. The molecule has 2 aromatic rings. The lowest BCUT2D eigenvalue weighted by Crippen LogP contribution is -2.01. The van der Waals surface area contributed by atoms with Gasteiger partial charge in [0.2, 0.25) is 0 Å². The van der Waals surface area contributed by atoms with Crippen LogP contribution in [0.5, 0.6) is 0 Å². The Labute approximate surface area is 76.3 Å². The second kappa shape index (κ2) is 2.97. The van der Waals surface area contributed by atoms with E-state index in [1.807, 2.05) is 19.9 Å². The molecule has 1 radical (unpaired) electrons. The Bertz CT molecular complexity index is 385. The molecule has 0 saturated heterocycles. The Balaban J connectivity index is 2.53. The van der Waals surface area contributed by atoms with E-state index in [1.54, 1.807) is 17.1 Å². The summed E-state index contributed by atoms with van der Waals surface area (Å²) in [4.78, 5) is 8.43. The summed E-state index contributed by atoms with van der Waals surface area (Å²) in [5.74, 6) is 1.54. The molecule has 2 heterocycles. The van der Waals surface area contributed by atoms with Crippen LogP contribution in [0.2, 0.25) is 0 Å². The lowest BCUT2D eigenvalue weighted by molar-refractivity contribution is 0.822. The maximum Gasteiger partial charge on any atom is 0.157 e. The molecule has 0 atom stereocenters. The second-order valence-electron chi connectivity index (χ2n) is 2.80. The fourth-order valence-corrected chi connectivity index (χ4v) is 1.17. The van der Waals surface area contributed by atoms with Gasteiger partial charge in [0.05, 0.1) is 6.20 Å². The van der Waals surface area contributed by atoms with Gasteiger partial charge in [-0.15, -0.1) is 0 Å². The molecule has 0 N–H and O–H groups in total. The average Bonchev–Trinajstić information content (AvgIpc) is 2.53. The van der Waals surface area contributed by atoms with Crippen molar-refractivity contribution < 1.29 is 0 Å². The van der Waals surface area contributed by atoms with E-state index >= 15 is 0 Å². The number of rotatable bonds is 1. The summed E-state index contributed by atoms with van der Waals surface area (Å²) in [7, 11) is 0. The Kier molecular flexibility index (Phi) is 1.81. The SMILES string of the molecule is Cc1cc(-n2c[c]cn2)nc(C)n1. The molecular formula is C9H9N4. The highest BCUT2D eigenvalue weighted by Gasteiger charge is 2.00. The van der Waals surface area contributed by atoms with E-state index in [0.717, 1.165) is 17.3 Å². The van der Waals surface area contributed by atoms with Crippen molar-refractivity contribution in [1.29, 1.82) is 0 Å². The van der Waals surface area contributed by atoms with Gasteiger partial charge in [-0.3, -0.25) is 0 Å². The highest BCUT2D eigenvalue weighted by Crippen LogP contribution is 2.04. The average molecular weight is 173 g/mol. The minimum Gasteiger partial charge on any atom is -0.238 e. The molecule has 0 amide bonds. The van der Waals surface area contributed by atoms with Crippen molar-refractivity contribution in [1.82, 2.24) is 19.7 Å². The Morgan fingerprint density at radius 2 is 2.15 bits per heavy atom. The van der Waals surface area contributed by atoms with E-state index in [-0.39, 0.29) is 0 Å². The highest BCUT2D eigenvalue weighted by atomic mass is 15.3. The Morgan fingerprint density at radius 3 is 2.77 bits per heavy atom. The van der Waals surface area contributed by atoms with Crippen LogP contribution in [0.1, 0.15) is 11.5 Å². The molecule has 0 aromatic carbocycles. The molecule has 0 unspecified atom stereocenters. The van der Waals surface area contributed by atoms with Crippen molar-refractivity contribution in [3.63, 3.8) is 0 Å². The summed E-state index contributed by atoms with van der Waals surface area (Å²) in [5, 5.41) is 4.04. The van der Waals surface area contributed by atoms with E-state index in [0.29, 0.717) is 0 Å². The second-order valence-corrected chi connectivity index (χ2v) is 2.80. The van der Waals surface area contributed by atoms with Crippen LogP contribution in [0, 0.1) is 19.9 Å². The van der Waals surface area contributed by atoms with Crippen molar-refractivity contribution in [2.24, 2.45) is 0 Å². The number of hydrogen-bond donors (Lipinski definition) is 0. The van der Waals surface area contributed by atoms with Gasteiger partial charge in [-0.1, -0.05) is 0 Å². The highest BCUT2D eigenvalue weighted by molar-refractivity contribution is 5.23. The van der Waals surface area contributed by atoms with Crippen LogP contribution in [0.25, 0.3) is 5.82 Å². The largest absolute Gasteiger partial charge is 0.238 e. The molecular weight excluding hydrogens is 164 g/mol. The molecule has 65 valence electrons. The molecule has 0 fully saturated rings. The lowest BCUT2D eigenvalue weighted by Gasteiger charge is -2.01. The number of nitrogens with zero attached hydrogens (tertiary/aromatic N) is 4. The molecule has 2 rings (SSSR count). The molecule has 0 aliphatic carbocycles. The first-order valence-corrected chi connectivity index (χ1v) is 3.99. The van der Waals surface area contributed by atoms with Gasteiger partial charge in [-0.25, -0.2) is 14.6 Å². The third kappa shape index (κ3) is 1.56.